The Morgan fingerprint density at radius 2 is 1.50 bits per heavy atom. The first-order valence-corrected chi connectivity index (χ1v) is 6.05. The maximum absolute atomic E-state index is 12.9. The van der Waals surface area contributed by atoms with E-state index in [4.69, 9.17) is 5.84 Å². The second-order valence-electron chi connectivity index (χ2n) is 4.25. The summed E-state index contributed by atoms with van der Waals surface area (Å²) in [4.78, 5) is 0. The lowest BCUT2D eigenvalue weighted by atomic mass is 9.98. The predicted octanol–water partition coefficient (Wildman–Crippen LogP) is 2.94. The van der Waals surface area contributed by atoms with Crippen LogP contribution in [-0.2, 0) is 6.42 Å². The Hall–Kier alpha value is -1.71. The summed E-state index contributed by atoms with van der Waals surface area (Å²) < 4.78 is 12.9. The molecule has 3 N–H and O–H groups in total. The van der Waals surface area contributed by atoms with E-state index in [0.29, 0.717) is 0 Å². The molecule has 0 fully saturated rings. The molecular weight excluding hydrogens is 227 g/mol. The molecule has 0 heterocycles. The summed E-state index contributed by atoms with van der Waals surface area (Å²) in [5, 5.41) is 0. The molecule has 1 unspecified atom stereocenters. The Kier molecular flexibility index (Phi) is 4.07. The van der Waals surface area contributed by atoms with Crippen molar-refractivity contribution in [2.45, 2.75) is 19.4 Å². The fourth-order valence-electron chi connectivity index (χ4n) is 1.99. The van der Waals surface area contributed by atoms with Gasteiger partial charge in [-0.25, -0.2) is 9.82 Å². The summed E-state index contributed by atoms with van der Waals surface area (Å²) in [7, 11) is 0. The molecule has 0 saturated carbocycles. The molecule has 0 saturated heterocycles. The van der Waals surface area contributed by atoms with Gasteiger partial charge in [-0.15, -0.1) is 0 Å². The van der Waals surface area contributed by atoms with Gasteiger partial charge in [0.2, 0.25) is 0 Å². The third-order valence-electron chi connectivity index (χ3n) is 3.09. The number of nitrogens with two attached hydrogens (primary N) is 1. The summed E-state index contributed by atoms with van der Waals surface area (Å²) in [5.41, 5.74) is 6.07. The molecule has 2 rings (SSSR count). The van der Waals surface area contributed by atoms with E-state index < -0.39 is 0 Å². The average molecular weight is 244 g/mol. The van der Waals surface area contributed by atoms with E-state index in [-0.39, 0.29) is 11.9 Å². The van der Waals surface area contributed by atoms with Crippen molar-refractivity contribution < 1.29 is 4.39 Å². The average Bonchev–Trinajstić information content (AvgIpc) is 2.42. The van der Waals surface area contributed by atoms with Crippen LogP contribution >= 0.6 is 0 Å². The van der Waals surface area contributed by atoms with Crippen molar-refractivity contribution in [3.8, 4) is 0 Å². The Morgan fingerprint density at radius 1 is 1.00 bits per heavy atom. The highest BCUT2D eigenvalue weighted by molar-refractivity contribution is 5.33. The van der Waals surface area contributed by atoms with Crippen LogP contribution in [0.2, 0.25) is 0 Å². The summed E-state index contributed by atoms with van der Waals surface area (Å²) in [6.07, 6.45) is 1.01. The number of nitrogens with one attached hydrogen (secondary N) is 1. The number of hydrazine groups is 1. The molecule has 0 aliphatic heterocycles. The summed E-state index contributed by atoms with van der Waals surface area (Å²) >= 11 is 0. The van der Waals surface area contributed by atoms with Gasteiger partial charge in [-0.1, -0.05) is 43.3 Å². The van der Waals surface area contributed by atoms with E-state index >= 15 is 0 Å². The van der Waals surface area contributed by atoms with Crippen LogP contribution in [0.1, 0.15) is 29.7 Å². The monoisotopic (exact) mass is 244 g/mol. The summed E-state index contributed by atoms with van der Waals surface area (Å²) in [5.74, 6) is 5.36. The molecule has 0 aliphatic carbocycles. The van der Waals surface area contributed by atoms with Gasteiger partial charge in [0.1, 0.15) is 5.82 Å². The fourth-order valence-corrected chi connectivity index (χ4v) is 1.99. The normalized spacial score (nSPS) is 12.4. The maximum atomic E-state index is 12.9. The second-order valence-corrected chi connectivity index (χ2v) is 4.25. The fraction of sp³-hybridized carbons (Fsp3) is 0.200. The van der Waals surface area contributed by atoms with E-state index in [1.165, 1.54) is 17.7 Å². The molecule has 3 heteroatoms. The SMILES string of the molecule is CCc1ccc(C(NN)c2ccc(F)cc2)cc1. The van der Waals surface area contributed by atoms with Gasteiger partial charge in [0.25, 0.3) is 0 Å². The van der Waals surface area contributed by atoms with E-state index in [1.807, 2.05) is 12.1 Å². The van der Waals surface area contributed by atoms with Crippen LogP contribution in [-0.4, -0.2) is 0 Å². The van der Waals surface area contributed by atoms with Crippen molar-refractivity contribution in [3.05, 3.63) is 71.0 Å². The number of aryl methyl sites for hydroxylation is 1. The lowest BCUT2D eigenvalue weighted by Gasteiger charge is -2.17. The maximum Gasteiger partial charge on any atom is 0.123 e. The molecule has 2 aromatic rings. The molecule has 0 spiro atoms. The standard InChI is InChI=1S/C15H17FN2/c1-2-11-3-5-12(6-4-11)15(18-17)13-7-9-14(16)10-8-13/h3-10,15,18H,2,17H2,1H3. The van der Waals surface area contributed by atoms with Crippen LogP contribution in [0.4, 0.5) is 4.39 Å². The highest BCUT2D eigenvalue weighted by Gasteiger charge is 2.11. The van der Waals surface area contributed by atoms with E-state index in [0.717, 1.165) is 17.5 Å². The minimum atomic E-state index is -0.240. The zero-order valence-corrected chi connectivity index (χ0v) is 10.4. The predicted molar refractivity (Wildman–Crippen MR) is 71.4 cm³/mol. The van der Waals surface area contributed by atoms with Crippen molar-refractivity contribution in [3.63, 3.8) is 0 Å². The Bertz CT molecular complexity index is 491. The highest BCUT2D eigenvalue weighted by atomic mass is 19.1. The minimum absolute atomic E-state index is 0.114. The number of hydrogen-bond acceptors (Lipinski definition) is 2. The third kappa shape index (κ3) is 2.75. The largest absolute Gasteiger partial charge is 0.271 e. The number of halogens is 1. The summed E-state index contributed by atoms with van der Waals surface area (Å²) in [6, 6.07) is 14.5. The van der Waals surface area contributed by atoms with Crippen molar-refractivity contribution in [1.29, 1.82) is 0 Å². The highest BCUT2D eigenvalue weighted by Crippen LogP contribution is 2.22. The third-order valence-corrected chi connectivity index (χ3v) is 3.09. The van der Waals surface area contributed by atoms with Crippen molar-refractivity contribution in [2.24, 2.45) is 5.84 Å². The first kappa shape index (κ1) is 12.7. The second kappa shape index (κ2) is 5.76. The van der Waals surface area contributed by atoms with Crippen LogP contribution in [0, 0.1) is 5.82 Å². The van der Waals surface area contributed by atoms with Crippen LogP contribution in [0.5, 0.6) is 0 Å². The van der Waals surface area contributed by atoms with E-state index in [2.05, 4.69) is 24.5 Å². The molecule has 94 valence electrons. The molecule has 1 atom stereocenters. The first-order valence-electron chi connectivity index (χ1n) is 6.05. The van der Waals surface area contributed by atoms with Gasteiger partial charge in [0.15, 0.2) is 0 Å². The molecule has 0 aliphatic rings. The molecule has 0 bridgehead atoms. The minimum Gasteiger partial charge on any atom is -0.271 e. The number of benzene rings is 2. The quantitative estimate of drug-likeness (QED) is 0.641. The molecule has 2 nitrogen and oxygen atoms in total. The Morgan fingerprint density at radius 3 is 1.94 bits per heavy atom. The van der Waals surface area contributed by atoms with Crippen LogP contribution in [0.25, 0.3) is 0 Å². The molecule has 2 aromatic carbocycles. The van der Waals surface area contributed by atoms with Gasteiger partial charge in [-0.3, -0.25) is 5.84 Å². The molecule has 0 amide bonds. The Balaban J connectivity index is 2.29. The van der Waals surface area contributed by atoms with Crippen LogP contribution in [0.15, 0.2) is 48.5 Å². The van der Waals surface area contributed by atoms with E-state index in [1.54, 1.807) is 12.1 Å². The van der Waals surface area contributed by atoms with Gasteiger partial charge in [-0.2, -0.15) is 0 Å². The van der Waals surface area contributed by atoms with Crippen LogP contribution in [0.3, 0.4) is 0 Å². The smallest absolute Gasteiger partial charge is 0.123 e. The first-order chi connectivity index (χ1) is 8.74. The van der Waals surface area contributed by atoms with Crippen molar-refractivity contribution in [1.82, 2.24) is 5.43 Å². The van der Waals surface area contributed by atoms with Gasteiger partial charge in [0.05, 0.1) is 6.04 Å². The van der Waals surface area contributed by atoms with Gasteiger partial charge >= 0.3 is 0 Å². The lowest BCUT2D eigenvalue weighted by Crippen LogP contribution is -2.28. The zero-order chi connectivity index (χ0) is 13.0. The number of hydrogen-bond donors (Lipinski definition) is 2. The summed E-state index contributed by atoms with van der Waals surface area (Å²) in [6.45, 7) is 2.12. The van der Waals surface area contributed by atoms with Crippen LogP contribution < -0.4 is 11.3 Å². The lowest BCUT2D eigenvalue weighted by molar-refractivity contribution is 0.615. The van der Waals surface area contributed by atoms with Gasteiger partial charge in [-0.05, 0) is 35.2 Å². The molecular formula is C15H17FN2. The van der Waals surface area contributed by atoms with Crippen molar-refractivity contribution >= 4 is 0 Å². The van der Waals surface area contributed by atoms with Gasteiger partial charge < -0.3 is 0 Å². The molecule has 18 heavy (non-hydrogen) atoms. The number of rotatable bonds is 4. The Labute approximate surface area is 107 Å². The molecule has 0 radical (unpaired) electrons. The van der Waals surface area contributed by atoms with Gasteiger partial charge in [0, 0.05) is 0 Å². The van der Waals surface area contributed by atoms with E-state index in [9.17, 15) is 4.39 Å². The topological polar surface area (TPSA) is 38.0 Å². The zero-order valence-electron chi connectivity index (χ0n) is 10.4. The van der Waals surface area contributed by atoms with Crippen molar-refractivity contribution in [2.75, 3.05) is 0 Å². The molecule has 0 aromatic heterocycles.